The second kappa shape index (κ2) is 6.10. The van der Waals surface area contributed by atoms with Gasteiger partial charge in [0.15, 0.2) is 0 Å². The Kier molecular flexibility index (Phi) is 4.22. The Morgan fingerprint density at radius 1 is 1.20 bits per heavy atom. The summed E-state index contributed by atoms with van der Waals surface area (Å²) in [7, 11) is 0. The highest BCUT2D eigenvalue weighted by Gasteiger charge is 2.31. The summed E-state index contributed by atoms with van der Waals surface area (Å²) in [6, 6.07) is 6.93. The van der Waals surface area contributed by atoms with Crippen LogP contribution < -0.4 is 4.74 Å². The molecule has 0 amide bonds. The van der Waals surface area contributed by atoms with Crippen LogP contribution in [0.4, 0.5) is 4.39 Å². The first-order valence-electron chi connectivity index (χ1n) is 7.59. The molecule has 3 nitrogen and oxygen atoms in total. The Morgan fingerprint density at radius 3 is 2.50 bits per heavy atom. The van der Waals surface area contributed by atoms with Crippen LogP contribution in [0.3, 0.4) is 0 Å². The topological polar surface area (TPSA) is 15.7 Å². The molecule has 3 rings (SSSR count). The van der Waals surface area contributed by atoms with Crippen molar-refractivity contribution in [3.8, 4) is 5.75 Å². The van der Waals surface area contributed by atoms with Crippen molar-refractivity contribution in [2.45, 2.75) is 31.9 Å². The van der Waals surface area contributed by atoms with Gasteiger partial charge in [0.1, 0.15) is 17.7 Å². The molecule has 0 radical (unpaired) electrons. The minimum absolute atomic E-state index is 0.216. The fraction of sp³-hybridized carbons (Fsp3) is 0.625. The zero-order valence-electron chi connectivity index (χ0n) is 12.1. The lowest BCUT2D eigenvalue weighted by molar-refractivity contribution is 0.00559. The third kappa shape index (κ3) is 3.30. The monoisotopic (exact) mass is 278 g/mol. The van der Waals surface area contributed by atoms with Crippen LogP contribution in [0.2, 0.25) is 0 Å². The molecule has 4 heteroatoms. The van der Waals surface area contributed by atoms with Gasteiger partial charge in [-0.05, 0) is 57.1 Å². The average Bonchev–Trinajstić information content (AvgIpc) is 2.92. The van der Waals surface area contributed by atoms with E-state index in [4.69, 9.17) is 4.74 Å². The Morgan fingerprint density at radius 2 is 1.85 bits per heavy atom. The first kappa shape index (κ1) is 13.8. The van der Waals surface area contributed by atoms with Gasteiger partial charge in [-0.3, -0.25) is 9.80 Å². The Balaban J connectivity index is 1.39. The SMILES string of the molecule is C[C@H](CN1CC(Oc2ccc(F)cc2)C1)N1CCCC1. The van der Waals surface area contributed by atoms with Crippen LogP contribution in [0.1, 0.15) is 19.8 Å². The highest BCUT2D eigenvalue weighted by molar-refractivity contribution is 5.22. The number of rotatable bonds is 5. The first-order valence-corrected chi connectivity index (χ1v) is 7.59. The summed E-state index contributed by atoms with van der Waals surface area (Å²) in [6.07, 6.45) is 2.95. The van der Waals surface area contributed by atoms with Gasteiger partial charge in [-0.15, -0.1) is 0 Å². The number of benzene rings is 1. The van der Waals surface area contributed by atoms with Gasteiger partial charge in [-0.2, -0.15) is 0 Å². The summed E-state index contributed by atoms with van der Waals surface area (Å²) in [5.41, 5.74) is 0. The predicted octanol–water partition coefficient (Wildman–Crippen LogP) is 2.37. The van der Waals surface area contributed by atoms with Crippen molar-refractivity contribution >= 4 is 0 Å². The van der Waals surface area contributed by atoms with Crippen LogP contribution in [-0.4, -0.2) is 54.7 Å². The number of halogens is 1. The van der Waals surface area contributed by atoms with E-state index in [-0.39, 0.29) is 11.9 Å². The molecule has 1 atom stereocenters. The lowest BCUT2D eigenvalue weighted by Crippen LogP contribution is -2.57. The molecule has 2 saturated heterocycles. The summed E-state index contributed by atoms with van der Waals surface area (Å²) in [5, 5.41) is 0. The fourth-order valence-corrected chi connectivity index (χ4v) is 3.12. The third-order valence-corrected chi connectivity index (χ3v) is 4.33. The Labute approximate surface area is 120 Å². The average molecular weight is 278 g/mol. The maximum Gasteiger partial charge on any atom is 0.124 e. The van der Waals surface area contributed by atoms with E-state index in [1.165, 1.54) is 38.1 Å². The second-order valence-electron chi connectivity index (χ2n) is 6.00. The molecule has 0 spiro atoms. The molecule has 0 aromatic heterocycles. The van der Waals surface area contributed by atoms with Crippen molar-refractivity contribution in [2.24, 2.45) is 0 Å². The largest absolute Gasteiger partial charge is 0.488 e. The maximum absolute atomic E-state index is 12.8. The standard InChI is InChI=1S/C16H23FN2O/c1-13(19-8-2-3-9-19)10-18-11-16(12-18)20-15-6-4-14(17)5-7-15/h4-7,13,16H,2-3,8-12H2,1H3/t13-/m1/s1. The van der Waals surface area contributed by atoms with E-state index >= 15 is 0 Å². The molecular formula is C16H23FN2O. The first-order chi connectivity index (χ1) is 9.70. The maximum atomic E-state index is 12.8. The zero-order chi connectivity index (χ0) is 13.9. The molecule has 0 unspecified atom stereocenters. The Hall–Kier alpha value is -1.13. The normalized spacial score (nSPS) is 22.7. The van der Waals surface area contributed by atoms with Gasteiger partial charge in [-0.1, -0.05) is 0 Å². The zero-order valence-corrected chi connectivity index (χ0v) is 12.1. The van der Waals surface area contributed by atoms with Gasteiger partial charge in [-0.25, -0.2) is 4.39 Å². The van der Waals surface area contributed by atoms with Crippen LogP contribution >= 0.6 is 0 Å². The smallest absolute Gasteiger partial charge is 0.124 e. The van der Waals surface area contributed by atoms with E-state index < -0.39 is 0 Å². The predicted molar refractivity (Wildman–Crippen MR) is 77.5 cm³/mol. The molecule has 0 saturated carbocycles. The molecule has 2 heterocycles. The van der Waals surface area contributed by atoms with E-state index in [2.05, 4.69) is 16.7 Å². The van der Waals surface area contributed by atoms with E-state index in [9.17, 15) is 4.39 Å². The molecule has 0 aliphatic carbocycles. The number of hydrogen-bond donors (Lipinski definition) is 0. The summed E-state index contributed by atoms with van der Waals surface area (Å²) in [5.74, 6) is 0.552. The highest BCUT2D eigenvalue weighted by Crippen LogP contribution is 2.20. The van der Waals surface area contributed by atoms with Crippen molar-refractivity contribution < 1.29 is 9.13 Å². The van der Waals surface area contributed by atoms with Crippen molar-refractivity contribution in [2.75, 3.05) is 32.7 Å². The van der Waals surface area contributed by atoms with Crippen LogP contribution in [0.15, 0.2) is 24.3 Å². The Bertz CT molecular complexity index is 425. The van der Waals surface area contributed by atoms with E-state index in [1.54, 1.807) is 12.1 Å². The molecule has 2 fully saturated rings. The molecular weight excluding hydrogens is 255 g/mol. The lowest BCUT2D eigenvalue weighted by Gasteiger charge is -2.41. The van der Waals surface area contributed by atoms with Gasteiger partial charge >= 0.3 is 0 Å². The van der Waals surface area contributed by atoms with Crippen molar-refractivity contribution in [3.63, 3.8) is 0 Å². The summed E-state index contributed by atoms with van der Waals surface area (Å²) < 4.78 is 18.6. The van der Waals surface area contributed by atoms with Gasteiger partial charge in [0, 0.05) is 25.7 Å². The second-order valence-corrected chi connectivity index (χ2v) is 6.00. The van der Waals surface area contributed by atoms with Crippen molar-refractivity contribution in [1.29, 1.82) is 0 Å². The summed E-state index contributed by atoms with van der Waals surface area (Å²) in [6.45, 7) is 7.92. The summed E-state index contributed by atoms with van der Waals surface area (Å²) >= 11 is 0. The third-order valence-electron chi connectivity index (χ3n) is 4.33. The number of hydrogen-bond acceptors (Lipinski definition) is 3. The van der Waals surface area contributed by atoms with E-state index in [1.807, 2.05) is 0 Å². The van der Waals surface area contributed by atoms with Crippen LogP contribution in [0.5, 0.6) is 5.75 Å². The fourth-order valence-electron chi connectivity index (χ4n) is 3.12. The van der Waals surface area contributed by atoms with E-state index in [0.717, 1.165) is 25.4 Å². The number of ether oxygens (including phenoxy) is 1. The van der Waals surface area contributed by atoms with Gasteiger partial charge < -0.3 is 4.74 Å². The quantitative estimate of drug-likeness (QED) is 0.822. The molecule has 1 aromatic rings. The minimum Gasteiger partial charge on any atom is -0.488 e. The molecule has 0 bridgehead atoms. The molecule has 2 aliphatic heterocycles. The van der Waals surface area contributed by atoms with Crippen LogP contribution in [-0.2, 0) is 0 Å². The van der Waals surface area contributed by atoms with Crippen LogP contribution in [0.25, 0.3) is 0 Å². The number of nitrogens with zero attached hydrogens (tertiary/aromatic N) is 2. The van der Waals surface area contributed by atoms with Gasteiger partial charge in [0.25, 0.3) is 0 Å². The van der Waals surface area contributed by atoms with Crippen LogP contribution in [0, 0.1) is 5.82 Å². The minimum atomic E-state index is -0.216. The molecule has 1 aromatic carbocycles. The molecule has 0 N–H and O–H groups in total. The molecule has 2 aliphatic rings. The highest BCUT2D eigenvalue weighted by atomic mass is 19.1. The van der Waals surface area contributed by atoms with Gasteiger partial charge in [0.2, 0.25) is 0 Å². The van der Waals surface area contributed by atoms with E-state index in [0.29, 0.717) is 6.04 Å². The molecule has 20 heavy (non-hydrogen) atoms. The summed E-state index contributed by atoms with van der Waals surface area (Å²) in [4.78, 5) is 5.02. The van der Waals surface area contributed by atoms with Gasteiger partial charge in [0.05, 0.1) is 0 Å². The number of likely N-dealkylation sites (tertiary alicyclic amines) is 2. The molecule has 110 valence electrons. The lowest BCUT2D eigenvalue weighted by atomic mass is 10.1. The van der Waals surface area contributed by atoms with Crippen molar-refractivity contribution in [3.05, 3.63) is 30.1 Å². The van der Waals surface area contributed by atoms with Crippen molar-refractivity contribution in [1.82, 2.24) is 9.80 Å².